The van der Waals surface area contributed by atoms with Crippen molar-refractivity contribution in [2.75, 3.05) is 13.1 Å². The highest BCUT2D eigenvalue weighted by molar-refractivity contribution is 5.81. The maximum atomic E-state index is 11.5. The number of aliphatic hydroxyl groups is 4. The molecule has 9 nitrogen and oxygen atoms in total. The number of amides is 1. The molecule has 0 radical (unpaired) electrons. The van der Waals surface area contributed by atoms with Crippen LogP contribution in [0.3, 0.4) is 0 Å². The number of carboxylic acid groups (broad SMARTS) is 1. The van der Waals surface area contributed by atoms with E-state index >= 15 is 0 Å². The summed E-state index contributed by atoms with van der Waals surface area (Å²) in [6, 6.07) is 0. The summed E-state index contributed by atoms with van der Waals surface area (Å²) in [4.78, 5) is 21.9. The Hall–Kier alpha value is -1.26. The molecule has 8 N–H and O–H groups in total. The summed E-state index contributed by atoms with van der Waals surface area (Å²) in [5.41, 5.74) is 5.32. The number of carbonyl (C=O) groups excluding carboxylic acids is 1. The first kappa shape index (κ1) is 19.7. The Labute approximate surface area is 122 Å². The van der Waals surface area contributed by atoms with Crippen molar-refractivity contribution in [3.63, 3.8) is 0 Å². The van der Waals surface area contributed by atoms with Gasteiger partial charge in [-0.25, -0.2) is 4.79 Å². The summed E-state index contributed by atoms with van der Waals surface area (Å²) in [5, 5.41) is 48.1. The summed E-state index contributed by atoms with van der Waals surface area (Å²) in [6.45, 7) is 0.867. The summed E-state index contributed by atoms with van der Waals surface area (Å²) in [5.74, 6) is -2.72. The molecule has 0 aromatic heterocycles. The number of aliphatic carboxylic acids is 1. The minimum Gasteiger partial charge on any atom is -0.479 e. The number of hydrogen-bond donors (Lipinski definition) is 7. The van der Waals surface area contributed by atoms with E-state index < -0.39 is 36.3 Å². The summed E-state index contributed by atoms with van der Waals surface area (Å²) in [7, 11) is 0. The predicted octanol–water partition coefficient (Wildman–Crippen LogP) is -2.85. The van der Waals surface area contributed by atoms with Crippen LogP contribution in [0.5, 0.6) is 0 Å². The van der Waals surface area contributed by atoms with Gasteiger partial charge in [0.1, 0.15) is 12.2 Å². The smallest absolute Gasteiger partial charge is 0.335 e. The van der Waals surface area contributed by atoms with E-state index in [4.69, 9.17) is 15.9 Å². The fraction of sp³-hybridized carbons (Fsp3) is 0.833. The molecule has 0 aromatic rings. The second-order valence-electron chi connectivity index (χ2n) is 4.70. The van der Waals surface area contributed by atoms with E-state index in [1.807, 2.05) is 0 Å². The third-order valence-electron chi connectivity index (χ3n) is 2.95. The molecule has 21 heavy (non-hydrogen) atoms. The highest BCUT2D eigenvalue weighted by Crippen LogP contribution is 2.06. The molecule has 0 saturated carbocycles. The molecule has 0 spiro atoms. The standard InChI is InChI=1S/C12H24N2O7/c13-5-3-1-2-4-6-14-11(19)9(17)7(15)8(16)10(18)12(20)21/h7-10,15-18H,1-6,13H2,(H,14,19)(H,20,21)/t7-,8-,9-,10+/m0/s1. The molecule has 0 aliphatic rings. The second-order valence-corrected chi connectivity index (χ2v) is 4.70. The van der Waals surface area contributed by atoms with E-state index in [-0.39, 0.29) is 6.54 Å². The van der Waals surface area contributed by atoms with Gasteiger partial charge in [-0.3, -0.25) is 4.79 Å². The van der Waals surface area contributed by atoms with Gasteiger partial charge >= 0.3 is 5.97 Å². The average molecular weight is 308 g/mol. The Bertz CT molecular complexity index is 327. The first-order chi connectivity index (χ1) is 9.82. The van der Waals surface area contributed by atoms with Crippen molar-refractivity contribution in [2.24, 2.45) is 5.73 Å². The number of nitrogens with two attached hydrogens (primary N) is 1. The number of rotatable bonds is 11. The number of nitrogens with one attached hydrogen (secondary N) is 1. The molecule has 0 rings (SSSR count). The van der Waals surface area contributed by atoms with Gasteiger partial charge in [0.15, 0.2) is 12.2 Å². The highest BCUT2D eigenvalue weighted by atomic mass is 16.4. The fourth-order valence-electron chi connectivity index (χ4n) is 1.61. The number of aliphatic hydroxyl groups excluding tert-OH is 4. The molecule has 0 aliphatic heterocycles. The van der Waals surface area contributed by atoms with Gasteiger partial charge in [0, 0.05) is 6.54 Å². The van der Waals surface area contributed by atoms with E-state index in [0.717, 1.165) is 19.3 Å². The lowest BCUT2D eigenvalue weighted by atomic mass is 10.0. The van der Waals surface area contributed by atoms with Gasteiger partial charge < -0.3 is 36.6 Å². The Morgan fingerprint density at radius 1 is 0.905 bits per heavy atom. The minimum absolute atomic E-state index is 0.269. The summed E-state index contributed by atoms with van der Waals surface area (Å²) in [6.07, 6.45) is -5.29. The second kappa shape index (κ2) is 10.5. The zero-order chi connectivity index (χ0) is 16.4. The van der Waals surface area contributed by atoms with Crippen molar-refractivity contribution in [3.05, 3.63) is 0 Å². The Morgan fingerprint density at radius 3 is 1.95 bits per heavy atom. The van der Waals surface area contributed by atoms with Gasteiger partial charge in [0.25, 0.3) is 5.91 Å². The zero-order valence-electron chi connectivity index (χ0n) is 11.7. The van der Waals surface area contributed by atoms with Crippen molar-refractivity contribution in [2.45, 2.75) is 50.1 Å². The van der Waals surface area contributed by atoms with E-state index in [0.29, 0.717) is 13.0 Å². The lowest BCUT2D eigenvalue weighted by molar-refractivity contribution is -0.166. The van der Waals surface area contributed by atoms with E-state index in [1.165, 1.54) is 0 Å². The van der Waals surface area contributed by atoms with Crippen LogP contribution in [-0.4, -0.2) is 74.9 Å². The highest BCUT2D eigenvalue weighted by Gasteiger charge is 2.37. The van der Waals surface area contributed by atoms with Gasteiger partial charge in [0.2, 0.25) is 0 Å². The number of carboxylic acids is 1. The molecule has 0 saturated heterocycles. The van der Waals surface area contributed by atoms with Crippen LogP contribution < -0.4 is 11.1 Å². The van der Waals surface area contributed by atoms with Gasteiger partial charge in [-0.15, -0.1) is 0 Å². The molecular formula is C12H24N2O7. The topological polar surface area (TPSA) is 173 Å². The van der Waals surface area contributed by atoms with Crippen molar-refractivity contribution in [1.29, 1.82) is 0 Å². The molecule has 0 bridgehead atoms. The lowest BCUT2D eigenvalue weighted by Crippen LogP contribution is -2.52. The normalized spacial score (nSPS) is 16.8. The van der Waals surface area contributed by atoms with E-state index in [1.54, 1.807) is 0 Å². The largest absolute Gasteiger partial charge is 0.479 e. The maximum Gasteiger partial charge on any atom is 0.335 e. The average Bonchev–Trinajstić information content (AvgIpc) is 2.47. The van der Waals surface area contributed by atoms with Crippen LogP contribution in [0.25, 0.3) is 0 Å². The van der Waals surface area contributed by atoms with Gasteiger partial charge in [-0.2, -0.15) is 0 Å². The molecule has 0 fully saturated rings. The molecule has 4 atom stereocenters. The molecule has 0 aliphatic carbocycles. The third kappa shape index (κ3) is 7.34. The Morgan fingerprint density at radius 2 is 1.43 bits per heavy atom. The summed E-state index contributed by atoms with van der Waals surface area (Å²) >= 11 is 0. The number of unbranched alkanes of at least 4 members (excludes halogenated alkanes) is 3. The number of carbonyl (C=O) groups is 2. The van der Waals surface area contributed by atoms with Crippen LogP contribution in [0.1, 0.15) is 25.7 Å². The molecular weight excluding hydrogens is 284 g/mol. The first-order valence-electron chi connectivity index (χ1n) is 6.75. The van der Waals surface area contributed by atoms with Gasteiger partial charge in [-0.1, -0.05) is 12.8 Å². The Balaban J connectivity index is 4.10. The van der Waals surface area contributed by atoms with Crippen LogP contribution in [0.4, 0.5) is 0 Å². The minimum atomic E-state index is -2.29. The van der Waals surface area contributed by atoms with Crippen LogP contribution >= 0.6 is 0 Å². The van der Waals surface area contributed by atoms with Crippen molar-refractivity contribution >= 4 is 11.9 Å². The SMILES string of the molecule is NCCCCCCNC(=O)[C@@H](O)[C@@H](O)[C@H](O)[C@@H](O)C(=O)O. The number of hydrogen-bond acceptors (Lipinski definition) is 7. The van der Waals surface area contributed by atoms with Gasteiger partial charge in [-0.05, 0) is 19.4 Å². The molecule has 9 heteroatoms. The lowest BCUT2D eigenvalue weighted by Gasteiger charge is -2.23. The monoisotopic (exact) mass is 308 g/mol. The molecule has 1 amide bonds. The van der Waals surface area contributed by atoms with Crippen molar-refractivity contribution in [3.8, 4) is 0 Å². The quantitative estimate of drug-likeness (QED) is 0.200. The van der Waals surface area contributed by atoms with Gasteiger partial charge in [0.05, 0.1) is 0 Å². The molecule has 124 valence electrons. The van der Waals surface area contributed by atoms with Crippen LogP contribution in [0.2, 0.25) is 0 Å². The predicted molar refractivity (Wildman–Crippen MR) is 72.2 cm³/mol. The third-order valence-corrected chi connectivity index (χ3v) is 2.95. The molecule has 0 aromatic carbocycles. The van der Waals surface area contributed by atoms with Crippen LogP contribution in [-0.2, 0) is 9.59 Å². The Kier molecular flexibility index (Phi) is 9.84. The maximum absolute atomic E-state index is 11.5. The van der Waals surface area contributed by atoms with Crippen LogP contribution in [0, 0.1) is 0 Å². The van der Waals surface area contributed by atoms with Crippen molar-refractivity contribution < 1.29 is 35.1 Å². The summed E-state index contributed by atoms with van der Waals surface area (Å²) < 4.78 is 0. The van der Waals surface area contributed by atoms with E-state index in [9.17, 15) is 24.9 Å². The fourth-order valence-corrected chi connectivity index (χ4v) is 1.61. The first-order valence-corrected chi connectivity index (χ1v) is 6.75. The molecule has 0 unspecified atom stereocenters. The zero-order valence-corrected chi connectivity index (χ0v) is 11.7. The van der Waals surface area contributed by atoms with Crippen LogP contribution in [0.15, 0.2) is 0 Å². The van der Waals surface area contributed by atoms with E-state index in [2.05, 4.69) is 5.32 Å². The molecule has 0 heterocycles. The van der Waals surface area contributed by atoms with Crippen molar-refractivity contribution in [1.82, 2.24) is 5.32 Å².